The number of ketones is 1. The van der Waals surface area contributed by atoms with Gasteiger partial charge in [0.05, 0.1) is 6.04 Å². The molecule has 1 atom stereocenters. The standard InChI is InChI=1S/C21H36N4O3S.ClH/c1-14(2)12-16(22-18(27)15-10-8-7-9-11-15)17(26)19-23-24-20(28-19)29-13-21(3,4)25(5)6;/h14-16H,7-13H2,1-6H3,(H,22,27);1H. The maximum atomic E-state index is 13.0. The summed E-state index contributed by atoms with van der Waals surface area (Å²) >= 11 is 1.43. The average Bonchev–Trinajstić information content (AvgIpc) is 3.14. The molecule has 0 radical (unpaired) electrons. The lowest BCUT2D eigenvalue weighted by atomic mass is 9.88. The Bertz CT molecular complexity index is 688. The summed E-state index contributed by atoms with van der Waals surface area (Å²) in [6.07, 6.45) is 5.69. The third-order valence-electron chi connectivity index (χ3n) is 5.69. The second kappa shape index (κ2) is 12.1. The Balaban J connectivity index is 0.00000450. The lowest BCUT2D eigenvalue weighted by molar-refractivity contribution is -0.126. The Morgan fingerprint density at radius 1 is 1.20 bits per heavy atom. The number of rotatable bonds is 10. The minimum atomic E-state index is -0.624. The first-order valence-corrected chi connectivity index (χ1v) is 11.6. The molecular weight excluding hydrogens is 424 g/mol. The summed E-state index contributed by atoms with van der Waals surface area (Å²) < 4.78 is 5.63. The van der Waals surface area contributed by atoms with Crippen LogP contribution in [0.15, 0.2) is 9.64 Å². The Morgan fingerprint density at radius 2 is 1.83 bits per heavy atom. The molecule has 0 bridgehead atoms. The molecule has 1 heterocycles. The highest BCUT2D eigenvalue weighted by molar-refractivity contribution is 7.99. The number of hydrogen-bond donors (Lipinski definition) is 1. The zero-order chi connectivity index (χ0) is 21.6. The number of carbonyl (C=O) groups excluding carboxylic acids is 2. The SMILES string of the molecule is CC(C)CC(NC(=O)C1CCCCC1)C(=O)c1nnc(SCC(C)(C)N(C)C)o1.Cl. The van der Waals surface area contributed by atoms with Crippen molar-refractivity contribution in [3.63, 3.8) is 0 Å². The Labute approximate surface area is 190 Å². The van der Waals surface area contributed by atoms with Crippen LogP contribution in [0.1, 0.15) is 76.9 Å². The minimum Gasteiger partial charge on any atom is -0.408 e. The van der Waals surface area contributed by atoms with E-state index in [0.29, 0.717) is 11.6 Å². The van der Waals surface area contributed by atoms with Gasteiger partial charge in [0.25, 0.3) is 11.1 Å². The topological polar surface area (TPSA) is 88.3 Å². The van der Waals surface area contributed by atoms with E-state index in [1.807, 2.05) is 27.9 Å². The monoisotopic (exact) mass is 460 g/mol. The quantitative estimate of drug-likeness (QED) is 0.413. The smallest absolute Gasteiger partial charge is 0.286 e. The van der Waals surface area contributed by atoms with E-state index >= 15 is 0 Å². The van der Waals surface area contributed by atoms with Crippen LogP contribution in [0.2, 0.25) is 0 Å². The van der Waals surface area contributed by atoms with Crippen molar-refractivity contribution in [3.8, 4) is 0 Å². The number of aromatic nitrogens is 2. The fourth-order valence-corrected chi connectivity index (χ4v) is 4.21. The Morgan fingerprint density at radius 3 is 2.40 bits per heavy atom. The number of hydrogen-bond acceptors (Lipinski definition) is 7. The Hall–Kier alpha value is -1.12. The van der Waals surface area contributed by atoms with E-state index in [0.717, 1.165) is 31.4 Å². The van der Waals surface area contributed by atoms with Gasteiger partial charge in [0.1, 0.15) is 0 Å². The molecule has 0 saturated heterocycles. The van der Waals surface area contributed by atoms with Crippen LogP contribution in [-0.4, -0.2) is 58.2 Å². The first-order chi connectivity index (χ1) is 13.6. The highest BCUT2D eigenvalue weighted by Gasteiger charge is 2.31. The maximum Gasteiger partial charge on any atom is 0.286 e. The first kappa shape index (κ1) is 26.9. The van der Waals surface area contributed by atoms with E-state index in [2.05, 4.69) is 34.3 Å². The lowest BCUT2D eigenvalue weighted by Crippen LogP contribution is -2.45. The summed E-state index contributed by atoms with van der Waals surface area (Å²) in [4.78, 5) is 27.8. The number of carbonyl (C=O) groups is 2. The van der Waals surface area contributed by atoms with E-state index in [-0.39, 0.29) is 47.4 Å². The average molecular weight is 461 g/mol. The van der Waals surface area contributed by atoms with Gasteiger partial charge in [-0.3, -0.25) is 9.59 Å². The predicted octanol–water partition coefficient (Wildman–Crippen LogP) is 4.22. The van der Waals surface area contributed by atoms with Gasteiger partial charge in [-0.1, -0.05) is 44.9 Å². The van der Waals surface area contributed by atoms with E-state index in [1.54, 1.807) is 0 Å². The molecule has 30 heavy (non-hydrogen) atoms. The van der Waals surface area contributed by atoms with E-state index < -0.39 is 6.04 Å². The van der Waals surface area contributed by atoms with Gasteiger partial charge in [-0.15, -0.1) is 22.6 Å². The molecular formula is C21H37ClN4O3S. The van der Waals surface area contributed by atoms with Crippen molar-refractivity contribution in [3.05, 3.63) is 5.89 Å². The van der Waals surface area contributed by atoms with Crippen LogP contribution in [0, 0.1) is 11.8 Å². The molecule has 0 aromatic carbocycles. The molecule has 1 aromatic rings. The van der Waals surface area contributed by atoms with Gasteiger partial charge in [-0.25, -0.2) is 0 Å². The number of Topliss-reactive ketones (excluding diaryl/α,β-unsaturated/α-hetero) is 1. The van der Waals surface area contributed by atoms with Gasteiger partial charge < -0.3 is 14.6 Å². The maximum absolute atomic E-state index is 13.0. The number of amides is 1. The highest BCUT2D eigenvalue weighted by atomic mass is 35.5. The van der Waals surface area contributed by atoms with Gasteiger partial charge in [-0.2, -0.15) is 0 Å². The van der Waals surface area contributed by atoms with Gasteiger partial charge >= 0.3 is 0 Å². The number of nitrogens with one attached hydrogen (secondary N) is 1. The zero-order valence-electron chi connectivity index (χ0n) is 19.1. The highest BCUT2D eigenvalue weighted by Crippen LogP contribution is 2.26. The summed E-state index contributed by atoms with van der Waals surface area (Å²) in [5, 5.41) is 11.3. The number of nitrogens with zero attached hydrogens (tertiary/aromatic N) is 3. The van der Waals surface area contributed by atoms with Crippen molar-refractivity contribution in [1.29, 1.82) is 0 Å². The van der Waals surface area contributed by atoms with Crippen molar-refractivity contribution >= 4 is 35.9 Å². The summed E-state index contributed by atoms with van der Waals surface area (Å²) in [7, 11) is 4.05. The van der Waals surface area contributed by atoms with Crippen molar-refractivity contribution < 1.29 is 14.0 Å². The van der Waals surface area contributed by atoms with Crippen LogP contribution in [0.25, 0.3) is 0 Å². The molecule has 1 amide bonds. The summed E-state index contributed by atoms with van der Waals surface area (Å²) in [5.74, 6) is 0.676. The second-order valence-corrected chi connectivity index (χ2v) is 10.2. The zero-order valence-corrected chi connectivity index (χ0v) is 20.7. The largest absolute Gasteiger partial charge is 0.408 e. The van der Waals surface area contributed by atoms with Crippen molar-refractivity contribution in [2.24, 2.45) is 11.8 Å². The lowest BCUT2D eigenvalue weighted by Gasteiger charge is -2.31. The molecule has 1 unspecified atom stereocenters. The third-order valence-corrected chi connectivity index (χ3v) is 6.96. The van der Waals surface area contributed by atoms with Crippen molar-refractivity contribution in [1.82, 2.24) is 20.4 Å². The van der Waals surface area contributed by atoms with Crippen LogP contribution in [0.3, 0.4) is 0 Å². The summed E-state index contributed by atoms with van der Waals surface area (Å²) in [6, 6.07) is -0.624. The molecule has 1 aliphatic rings. The van der Waals surface area contributed by atoms with Gasteiger partial charge in [-0.05, 0) is 53.1 Å². The fourth-order valence-electron chi connectivity index (χ4n) is 3.24. The van der Waals surface area contributed by atoms with Crippen LogP contribution in [-0.2, 0) is 4.79 Å². The van der Waals surface area contributed by atoms with Crippen LogP contribution >= 0.6 is 24.2 Å². The number of halogens is 1. The molecule has 1 aliphatic carbocycles. The molecule has 1 N–H and O–H groups in total. The molecule has 1 fully saturated rings. The second-order valence-electron chi connectivity index (χ2n) is 9.26. The van der Waals surface area contributed by atoms with E-state index in [4.69, 9.17) is 4.42 Å². The predicted molar refractivity (Wildman–Crippen MR) is 122 cm³/mol. The van der Waals surface area contributed by atoms with Crippen molar-refractivity contribution in [2.75, 3.05) is 19.8 Å². The minimum absolute atomic E-state index is 0. The fraction of sp³-hybridized carbons (Fsp3) is 0.810. The van der Waals surface area contributed by atoms with E-state index in [1.165, 1.54) is 18.2 Å². The normalized spacial score (nSPS) is 16.4. The summed E-state index contributed by atoms with van der Waals surface area (Å²) in [5.41, 5.74) is -0.0442. The summed E-state index contributed by atoms with van der Waals surface area (Å²) in [6.45, 7) is 8.32. The van der Waals surface area contributed by atoms with Crippen molar-refractivity contribution in [2.45, 2.75) is 83.0 Å². The van der Waals surface area contributed by atoms with Crippen LogP contribution in [0.4, 0.5) is 0 Å². The number of thioether (sulfide) groups is 1. The van der Waals surface area contributed by atoms with Gasteiger partial charge in [0.2, 0.25) is 11.7 Å². The molecule has 1 saturated carbocycles. The van der Waals surface area contributed by atoms with E-state index in [9.17, 15) is 9.59 Å². The van der Waals surface area contributed by atoms with Crippen LogP contribution < -0.4 is 5.32 Å². The molecule has 9 heteroatoms. The molecule has 0 aliphatic heterocycles. The molecule has 2 rings (SSSR count). The van der Waals surface area contributed by atoms with Gasteiger partial charge in [0, 0.05) is 17.2 Å². The van der Waals surface area contributed by atoms with Gasteiger partial charge in [0.15, 0.2) is 0 Å². The Kier molecular flexibility index (Phi) is 10.8. The third kappa shape index (κ3) is 7.85. The van der Waals surface area contributed by atoms with Crippen LogP contribution in [0.5, 0.6) is 0 Å². The molecule has 172 valence electrons. The molecule has 1 aromatic heterocycles. The molecule has 7 nitrogen and oxygen atoms in total. The first-order valence-electron chi connectivity index (χ1n) is 10.6. The molecule has 0 spiro atoms.